The number of benzene rings is 1. The maximum Gasteiger partial charge on any atom is 0.0755 e. The first-order chi connectivity index (χ1) is 8.31. The highest BCUT2D eigenvalue weighted by molar-refractivity contribution is 5.95. The quantitative estimate of drug-likeness (QED) is 0.805. The van der Waals surface area contributed by atoms with Crippen LogP contribution in [-0.4, -0.2) is 12.0 Å². The van der Waals surface area contributed by atoms with E-state index in [1.165, 1.54) is 47.2 Å². The van der Waals surface area contributed by atoms with Crippen molar-refractivity contribution in [3.05, 3.63) is 35.0 Å². The predicted octanol–water partition coefficient (Wildman–Crippen LogP) is 3.46. The van der Waals surface area contributed by atoms with Crippen molar-refractivity contribution in [1.29, 1.82) is 0 Å². The Hall–Kier alpha value is -1.57. The minimum atomic E-state index is 1.13. The summed E-state index contributed by atoms with van der Waals surface area (Å²) in [5.41, 5.74) is 6.48. The molecule has 1 aliphatic rings. The molecule has 1 heterocycles. The minimum absolute atomic E-state index is 1.13. The molecule has 3 rings (SSSR count). The van der Waals surface area contributed by atoms with E-state index in [1.54, 1.807) is 0 Å². The first-order valence-electron chi connectivity index (χ1n) is 6.40. The summed E-state index contributed by atoms with van der Waals surface area (Å²) in [4.78, 5) is 4.88. The molecule has 1 aromatic heterocycles. The molecule has 0 spiro atoms. The highest BCUT2D eigenvalue weighted by atomic mass is 14.9. The lowest BCUT2D eigenvalue weighted by Crippen LogP contribution is -2.09. The number of aromatic nitrogens is 1. The molecular formula is C15H18N2. The summed E-state index contributed by atoms with van der Waals surface area (Å²) in [5, 5.41) is 4.66. The second-order valence-electron chi connectivity index (χ2n) is 4.84. The second-order valence-corrected chi connectivity index (χ2v) is 4.84. The number of nitrogens with one attached hydrogen (secondary N) is 1. The third kappa shape index (κ3) is 1.59. The molecule has 2 aromatic rings. The Morgan fingerprint density at radius 2 is 2.00 bits per heavy atom. The van der Waals surface area contributed by atoms with Crippen LogP contribution in [0.4, 0.5) is 5.69 Å². The molecule has 1 aliphatic carbocycles. The van der Waals surface area contributed by atoms with E-state index in [9.17, 15) is 0 Å². The summed E-state index contributed by atoms with van der Waals surface area (Å²) in [7, 11) is 2.02. The maximum atomic E-state index is 4.88. The molecule has 0 radical (unpaired) electrons. The molecule has 1 aromatic carbocycles. The van der Waals surface area contributed by atoms with E-state index in [2.05, 4.69) is 30.4 Å². The molecule has 0 aliphatic heterocycles. The van der Waals surface area contributed by atoms with Gasteiger partial charge in [-0.1, -0.05) is 18.2 Å². The van der Waals surface area contributed by atoms with Gasteiger partial charge in [0.2, 0.25) is 0 Å². The predicted molar refractivity (Wildman–Crippen MR) is 72.7 cm³/mol. The van der Waals surface area contributed by atoms with Gasteiger partial charge < -0.3 is 5.32 Å². The highest BCUT2D eigenvalue weighted by Gasteiger charge is 2.17. The Morgan fingerprint density at radius 3 is 2.82 bits per heavy atom. The van der Waals surface area contributed by atoms with Gasteiger partial charge in [0, 0.05) is 23.8 Å². The average Bonchev–Trinajstić information content (AvgIpc) is 2.37. The van der Waals surface area contributed by atoms with Gasteiger partial charge in [0.15, 0.2) is 0 Å². The molecule has 0 saturated heterocycles. The summed E-state index contributed by atoms with van der Waals surface area (Å²) < 4.78 is 0. The van der Waals surface area contributed by atoms with Crippen LogP contribution < -0.4 is 5.32 Å². The monoisotopic (exact) mass is 226 g/mol. The number of fused-ring (bicyclic) bond motifs is 2. The fourth-order valence-corrected chi connectivity index (χ4v) is 2.87. The number of nitrogens with zero attached hydrogens (tertiary/aromatic N) is 1. The topological polar surface area (TPSA) is 24.9 Å². The summed E-state index contributed by atoms with van der Waals surface area (Å²) >= 11 is 0. The van der Waals surface area contributed by atoms with Crippen LogP contribution >= 0.6 is 0 Å². The number of rotatable bonds is 1. The Kier molecular flexibility index (Phi) is 2.50. The van der Waals surface area contributed by atoms with Gasteiger partial charge >= 0.3 is 0 Å². The zero-order valence-corrected chi connectivity index (χ0v) is 10.5. The normalized spacial score (nSPS) is 14.7. The van der Waals surface area contributed by atoms with Crippen LogP contribution in [0.3, 0.4) is 0 Å². The van der Waals surface area contributed by atoms with E-state index in [4.69, 9.17) is 4.98 Å². The van der Waals surface area contributed by atoms with E-state index < -0.39 is 0 Å². The lowest BCUT2D eigenvalue weighted by Gasteiger charge is -2.21. The zero-order chi connectivity index (χ0) is 11.8. The molecule has 0 fully saturated rings. The number of para-hydroxylation sites is 1. The molecule has 0 bridgehead atoms. The van der Waals surface area contributed by atoms with Gasteiger partial charge in [0.25, 0.3) is 0 Å². The Balaban J connectivity index is 2.39. The van der Waals surface area contributed by atoms with Crippen molar-refractivity contribution in [3.63, 3.8) is 0 Å². The van der Waals surface area contributed by atoms with Crippen molar-refractivity contribution in [2.75, 3.05) is 12.4 Å². The smallest absolute Gasteiger partial charge is 0.0755 e. The summed E-state index contributed by atoms with van der Waals surface area (Å²) in [6, 6.07) is 6.44. The summed E-state index contributed by atoms with van der Waals surface area (Å²) in [5.74, 6) is 0. The highest BCUT2D eigenvalue weighted by Crippen LogP contribution is 2.33. The molecule has 0 saturated carbocycles. The van der Waals surface area contributed by atoms with Crippen molar-refractivity contribution in [3.8, 4) is 0 Å². The van der Waals surface area contributed by atoms with Crippen LogP contribution in [0, 0.1) is 6.92 Å². The molecule has 2 nitrogen and oxygen atoms in total. The van der Waals surface area contributed by atoms with E-state index in [0.717, 1.165) is 11.9 Å². The number of hydrogen-bond donors (Lipinski definition) is 1. The number of hydrogen-bond acceptors (Lipinski definition) is 2. The van der Waals surface area contributed by atoms with Crippen molar-refractivity contribution < 1.29 is 0 Å². The molecule has 2 heteroatoms. The first kappa shape index (κ1) is 10.6. The van der Waals surface area contributed by atoms with Gasteiger partial charge in [-0.2, -0.15) is 0 Å². The Morgan fingerprint density at radius 1 is 1.18 bits per heavy atom. The van der Waals surface area contributed by atoms with Crippen LogP contribution in [-0.2, 0) is 12.8 Å². The van der Waals surface area contributed by atoms with Crippen LogP contribution in [0.5, 0.6) is 0 Å². The van der Waals surface area contributed by atoms with Crippen LogP contribution in [0.25, 0.3) is 10.9 Å². The molecule has 0 amide bonds. The van der Waals surface area contributed by atoms with Gasteiger partial charge in [-0.05, 0) is 43.7 Å². The fourth-order valence-electron chi connectivity index (χ4n) is 2.87. The maximum absolute atomic E-state index is 4.88. The third-order valence-electron chi connectivity index (χ3n) is 3.74. The largest absolute Gasteiger partial charge is 0.387 e. The molecule has 17 heavy (non-hydrogen) atoms. The lowest BCUT2D eigenvalue weighted by atomic mass is 9.92. The van der Waals surface area contributed by atoms with Crippen molar-refractivity contribution in [2.45, 2.75) is 32.6 Å². The molecule has 1 N–H and O–H groups in total. The third-order valence-corrected chi connectivity index (χ3v) is 3.74. The van der Waals surface area contributed by atoms with Gasteiger partial charge in [0.1, 0.15) is 0 Å². The van der Waals surface area contributed by atoms with Crippen molar-refractivity contribution in [1.82, 2.24) is 4.98 Å². The second kappa shape index (κ2) is 4.02. The molecule has 0 atom stereocenters. The van der Waals surface area contributed by atoms with E-state index in [-0.39, 0.29) is 0 Å². The van der Waals surface area contributed by atoms with E-state index in [0.29, 0.717) is 0 Å². The Labute approximate surface area is 102 Å². The van der Waals surface area contributed by atoms with Gasteiger partial charge in [-0.15, -0.1) is 0 Å². The average molecular weight is 226 g/mol. The van der Waals surface area contributed by atoms with E-state index >= 15 is 0 Å². The summed E-state index contributed by atoms with van der Waals surface area (Å²) in [6.45, 7) is 2.14. The molecular weight excluding hydrogens is 208 g/mol. The van der Waals surface area contributed by atoms with Crippen molar-refractivity contribution >= 4 is 16.6 Å². The summed E-state index contributed by atoms with van der Waals surface area (Å²) in [6.07, 6.45) is 4.87. The van der Waals surface area contributed by atoms with Crippen LogP contribution in [0.2, 0.25) is 0 Å². The minimum Gasteiger partial charge on any atom is -0.387 e. The molecule has 0 unspecified atom stereocenters. The fraction of sp³-hybridized carbons (Fsp3) is 0.400. The van der Waals surface area contributed by atoms with Gasteiger partial charge in [-0.3, -0.25) is 4.98 Å². The number of aryl methyl sites for hydroxylation is 2. The van der Waals surface area contributed by atoms with Crippen LogP contribution in [0.1, 0.15) is 29.7 Å². The van der Waals surface area contributed by atoms with Crippen LogP contribution in [0.15, 0.2) is 18.2 Å². The SMILES string of the molecule is CNc1c2c(nc3c(C)cccc13)CCCC2. The lowest BCUT2D eigenvalue weighted by molar-refractivity contribution is 0.672. The standard InChI is InChI=1S/C15H18N2/c1-10-6-5-8-12-14(10)17-13-9-4-3-7-11(13)15(12)16-2/h5-6,8H,3-4,7,9H2,1-2H3,(H,16,17). The molecule has 88 valence electrons. The number of anilines is 1. The van der Waals surface area contributed by atoms with Crippen molar-refractivity contribution in [2.24, 2.45) is 0 Å². The zero-order valence-electron chi connectivity index (χ0n) is 10.5. The van der Waals surface area contributed by atoms with Gasteiger partial charge in [0.05, 0.1) is 5.52 Å². The van der Waals surface area contributed by atoms with E-state index in [1.807, 2.05) is 7.05 Å². The first-order valence-corrected chi connectivity index (χ1v) is 6.40. The Bertz CT molecular complexity index is 573. The number of pyridine rings is 1. The van der Waals surface area contributed by atoms with Gasteiger partial charge in [-0.25, -0.2) is 0 Å².